The Labute approximate surface area is 169 Å². The van der Waals surface area contributed by atoms with Crippen LogP contribution in [0.15, 0.2) is 0 Å². The summed E-state index contributed by atoms with van der Waals surface area (Å²) in [6, 6.07) is 0. The Balaban J connectivity index is 3.74. The van der Waals surface area contributed by atoms with Crippen molar-refractivity contribution >= 4 is 10.1 Å². The highest BCUT2D eigenvalue weighted by Gasteiger charge is 2.21. The van der Waals surface area contributed by atoms with Crippen molar-refractivity contribution in [3.63, 3.8) is 0 Å². The quantitative estimate of drug-likeness (QED) is 0.175. The minimum Gasteiger partial charge on any atom is -0.393 e. The topological polar surface area (TPSA) is 74.6 Å². The van der Waals surface area contributed by atoms with E-state index in [1.165, 1.54) is 44.9 Å². The molecule has 0 aromatic heterocycles. The zero-order chi connectivity index (χ0) is 20.4. The van der Waals surface area contributed by atoms with Crippen LogP contribution in [-0.4, -0.2) is 29.4 Å². The fraction of sp³-hybridized carbons (Fsp3) is 1.00. The molecule has 2 atom stereocenters. The average Bonchev–Trinajstić information content (AvgIpc) is 2.61. The van der Waals surface area contributed by atoms with Crippen LogP contribution in [0.4, 0.5) is 0 Å². The van der Waals surface area contributed by atoms with Crippen molar-refractivity contribution in [1.29, 1.82) is 0 Å². The summed E-state index contributed by atoms with van der Waals surface area (Å²) in [5, 5.41) is 9.44. The number of hydrogen-bond donors (Lipinski definition) is 2. The van der Waals surface area contributed by atoms with E-state index in [9.17, 15) is 18.1 Å². The number of aliphatic hydroxyl groups excluding tert-OH is 1. The van der Waals surface area contributed by atoms with Gasteiger partial charge in [-0.1, -0.05) is 104 Å². The largest absolute Gasteiger partial charge is 0.393 e. The first kappa shape index (κ1) is 26.9. The molecule has 0 aromatic carbocycles. The molecule has 0 aromatic rings. The highest BCUT2D eigenvalue weighted by Crippen LogP contribution is 2.19. The van der Waals surface area contributed by atoms with Gasteiger partial charge in [0.05, 0.1) is 11.4 Å². The summed E-state index contributed by atoms with van der Waals surface area (Å²) in [5.74, 6) is 0. The van der Waals surface area contributed by atoms with Crippen LogP contribution in [0.3, 0.4) is 0 Å². The molecule has 0 aliphatic heterocycles. The van der Waals surface area contributed by atoms with Gasteiger partial charge in [-0.2, -0.15) is 8.42 Å². The third-order valence-electron chi connectivity index (χ3n) is 5.51. The zero-order valence-corrected chi connectivity index (χ0v) is 18.8. The second-order valence-corrected chi connectivity index (χ2v) is 9.88. The van der Waals surface area contributed by atoms with E-state index in [-0.39, 0.29) is 6.10 Å². The third kappa shape index (κ3) is 17.7. The number of hydrogen-bond acceptors (Lipinski definition) is 3. The average molecular weight is 407 g/mol. The van der Waals surface area contributed by atoms with Gasteiger partial charge >= 0.3 is 0 Å². The van der Waals surface area contributed by atoms with E-state index in [0.29, 0.717) is 12.8 Å². The molecule has 0 aliphatic rings. The molecule has 0 aliphatic carbocycles. The van der Waals surface area contributed by atoms with Crippen molar-refractivity contribution in [1.82, 2.24) is 0 Å². The Kier molecular flexibility index (Phi) is 17.8. The van der Waals surface area contributed by atoms with Gasteiger partial charge in [0.15, 0.2) is 0 Å². The van der Waals surface area contributed by atoms with E-state index in [2.05, 4.69) is 13.8 Å². The van der Waals surface area contributed by atoms with E-state index in [4.69, 9.17) is 0 Å². The van der Waals surface area contributed by atoms with E-state index in [1.54, 1.807) is 0 Å². The van der Waals surface area contributed by atoms with Gasteiger partial charge in [-0.05, 0) is 25.7 Å². The monoisotopic (exact) mass is 406 g/mol. The van der Waals surface area contributed by atoms with Gasteiger partial charge in [-0.15, -0.1) is 0 Å². The van der Waals surface area contributed by atoms with Crippen molar-refractivity contribution in [2.24, 2.45) is 0 Å². The fourth-order valence-electron chi connectivity index (χ4n) is 3.65. The molecule has 0 radical (unpaired) electrons. The first-order valence-electron chi connectivity index (χ1n) is 11.6. The zero-order valence-electron chi connectivity index (χ0n) is 18.0. The lowest BCUT2D eigenvalue weighted by Gasteiger charge is -2.14. The van der Waals surface area contributed by atoms with Gasteiger partial charge in [-0.3, -0.25) is 4.55 Å². The van der Waals surface area contributed by atoms with Crippen molar-refractivity contribution in [2.45, 2.75) is 141 Å². The first-order chi connectivity index (χ1) is 12.9. The molecule has 0 saturated carbocycles. The lowest BCUT2D eigenvalue weighted by Crippen LogP contribution is -2.20. The van der Waals surface area contributed by atoms with Crippen molar-refractivity contribution in [3.8, 4) is 0 Å². The lowest BCUT2D eigenvalue weighted by molar-refractivity contribution is 0.147. The molecular weight excluding hydrogens is 360 g/mol. The SMILES string of the molecule is CCCCCCCCC(O)CCCCCC(CCCCCCC)S(=O)(=O)O. The second-order valence-electron chi connectivity index (χ2n) is 8.19. The van der Waals surface area contributed by atoms with Crippen LogP contribution in [0.2, 0.25) is 0 Å². The summed E-state index contributed by atoms with van der Waals surface area (Å²) in [6.07, 6.45) is 18.2. The van der Waals surface area contributed by atoms with E-state index in [0.717, 1.165) is 57.8 Å². The molecule has 4 nitrogen and oxygen atoms in total. The van der Waals surface area contributed by atoms with Gasteiger partial charge in [-0.25, -0.2) is 0 Å². The summed E-state index contributed by atoms with van der Waals surface area (Å²) in [4.78, 5) is 0. The summed E-state index contributed by atoms with van der Waals surface area (Å²) in [7, 11) is -3.93. The predicted octanol–water partition coefficient (Wildman–Crippen LogP) is 6.67. The van der Waals surface area contributed by atoms with E-state index in [1.807, 2.05) is 0 Å². The molecule has 2 unspecified atom stereocenters. The summed E-state index contributed by atoms with van der Waals surface area (Å²) in [6.45, 7) is 4.38. The van der Waals surface area contributed by atoms with E-state index < -0.39 is 15.4 Å². The maximum atomic E-state index is 11.6. The molecule has 0 amide bonds. The Hall–Kier alpha value is -0.130. The predicted molar refractivity (Wildman–Crippen MR) is 116 cm³/mol. The van der Waals surface area contributed by atoms with Crippen LogP contribution in [-0.2, 0) is 10.1 Å². The van der Waals surface area contributed by atoms with Crippen molar-refractivity contribution in [2.75, 3.05) is 0 Å². The van der Waals surface area contributed by atoms with Gasteiger partial charge < -0.3 is 5.11 Å². The summed E-state index contributed by atoms with van der Waals surface area (Å²) >= 11 is 0. The van der Waals surface area contributed by atoms with Crippen molar-refractivity contribution in [3.05, 3.63) is 0 Å². The maximum Gasteiger partial charge on any atom is 0.267 e. The Morgan fingerprint density at radius 2 is 0.926 bits per heavy atom. The Morgan fingerprint density at radius 3 is 1.33 bits per heavy atom. The molecule has 164 valence electrons. The first-order valence-corrected chi connectivity index (χ1v) is 13.1. The van der Waals surface area contributed by atoms with Crippen LogP contribution in [0.1, 0.15) is 129 Å². The lowest BCUT2D eigenvalue weighted by atomic mass is 10.0. The number of unbranched alkanes of at least 4 members (excludes halogenated alkanes) is 11. The summed E-state index contributed by atoms with van der Waals surface area (Å²) < 4.78 is 32.5. The Morgan fingerprint density at radius 1 is 0.593 bits per heavy atom. The minimum atomic E-state index is -3.93. The molecule has 27 heavy (non-hydrogen) atoms. The molecule has 0 spiro atoms. The molecule has 2 N–H and O–H groups in total. The van der Waals surface area contributed by atoms with Gasteiger partial charge in [0.2, 0.25) is 0 Å². The van der Waals surface area contributed by atoms with Crippen LogP contribution >= 0.6 is 0 Å². The van der Waals surface area contributed by atoms with Crippen LogP contribution in [0.25, 0.3) is 0 Å². The van der Waals surface area contributed by atoms with Crippen LogP contribution in [0.5, 0.6) is 0 Å². The number of aliphatic hydroxyl groups is 1. The van der Waals surface area contributed by atoms with Crippen molar-refractivity contribution < 1.29 is 18.1 Å². The van der Waals surface area contributed by atoms with E-state index >= 15 is 0 Å². The summed E-state index contributed by atoms with van der Waals surface area (Å²) in [5.41, 5.74) is 0. The fourth-order valence-corrected chi connectivity index (χ4v) is 4.58. The second kappa shape index (κ2) is 17.9. The minimum absolute atomic E-state index is 0.216. The highest BCUT2D eigenvalue weighted by molar-refractivity contribution is 7.86. The maximum absolute atomic E-state index is 11.6. The normalized spacial score (nSPS) is 14.4. The molecule has 0 bridgehead atoms. The highest BCUT2D eigenvalue weighted by atomic mass is 32.2. The Bertz CT molecular complexity index is 409. The van der Waals surface area contributed by atoms with Gasteiger partial charge in [0.25, 0.3) is 10.1 Å². The molecule has 0 rings (SSSR count). The van der Waals surface area contributed by atoms with Gasteiger partial charge in [0.1, 0.15) is 0 Å². The standard InChI is InChI=1S/C22H46O4S/c1-3-5-7-9-11-13-17-21(23)18-14-12-16-20-22(27(24,25)26)19-15-10-8-6-4-2/h21-23H,3-20H2,1-2H3,(H,24,25,26). The number of rotatable bonds is 20. The van der Waals surface area contributed by atoms with Crippen LogP contribution in [0, 0.1) is 0 Å². The smallest absolute Gasteiger partial charge is 0.267 e. The van der Waals surface area contributed by atoms with Crippen LogP contribution < -0.4 is 0 Å². The molecule has 5 heteroatoms. The molecule has 0 fully saturated rings. The molecule has 0 heterocycles. The molecular formula is C22H46O4S. The molecule has 0 saturated heterocycles. The third-order valence-corrected chi connectivity index (χ3v) is 6.82. The van der Waals surface area contributed by atoms with Gasteiger partial charge in [0, 0.05) is 0 Å².